The summed E-state index contributed by atoms with van der Waals surface area (Å²) in [5, 5.41) is 0. The summed E-state index contributed by atoms with van der Waals surface area (Å²) in [6, 6.07) is 9.78. The van der Waals surface area contributed by atoms with Crippen molar-refractivity contribution in [2.45, 2.75) is 24.5 Å². The van der Waals surface area contributed by atoms with Crippen LogP contribution in [-0.2, 0) is 5.75 Å². The number of aromatic nitrogens is 2. The molecule has 0 fully saturated rings. The van der Waals surface area contributed by atoms with Gasteiger partial charge in [0.15, 0.2) is 0 Å². The Balaban J connectivity index is 2.09. The van der Waals surface area contributed by atoms with Gasteiger partial charge in [0.05, 0.1) is 5.75 Å². The summed E-state index contributed by atoms with van der Waals surface area (Å²) in [5.41, 5.74) is 1.91. The third-order valence-electron chi connectivity index (χ3n) is 2.28. The lowest BCUT2D eigenvalue weighted by atomic mass is 10.2. The molecule has 2 rings (SSSR count). The van der Waals surface area contributed by atoms with E-state index in [-0.39, 0.29) is 5.56 Å². The Hall–Kier alpha value is -1.55. The van der Waals surface area contributed by atoms with Crippen LogP contribution in [0.3, 0.4) is 0 Å². The van der Waals surface area contributed by atoms with E-state index in [0.29, 0.717) is 5.75 Å². The van der Waals surface area contributed by atoms with Gasteiger partial charge in [-0.3, -0.25) is 4.79 Å². The van der Waals surface area contributed by atoms with Crippen molar-refractivity contribution >= 4 is 11.8 Å². The number of rotatable bonds is 3. The van der Waals surface area contributed by atoms with Crippen LogP contribution in [0.15, 0.2) is 40.0 Å². The normalized spacial score (nSPS) is 10.5. The molecule has 0 saturated heterocycles. The predicted molar refractivity (Wildman–Crippen MR) is 70.3 cm³/mol. The van der Waals surface area contributed by atoms with E-state index < -0.39 is 0 Å². The molecule has 1 heterocycles. The second-order valence-corrected chi connectivity index (χ2v) is 4.99. The second kappa shape index (κ2) is 5.19. The molecule has 0 bridgehead atoms. The van der Waals surface area contributed by atoms with E-state index in [1.54, 1.807) is 11.8 Å². The Morgan fingerprint density at radius 1 is 1.29 bits per heavy atom. The Labute approximate surface area is 104 Å². The maximum Gasteiger partial charge on any atom is 0.251 e. The Morgan fingerprint density at radius 3 is 2.82 bits per heavy atom. The maximum atomic E-state index is 11.3. The largest absolute Gasteiger partial charge is 0.310 e. The number of hydrogen-bond acceptors (Lipinski definition) is 3. The average molecular weight is 246 g/mol. The van der Waals surface area contributed by atoms with Crippen molar-refractivity contribution in [1.29, 1.82) is 0 Å². The topological polar surface area (TPSA) is 45.8 Å². The third-order valence-corrected chi connectivity index (χ3v) is 3.29. The van der Waals surface area contributed by atoms with Crippen LogP contribution in [0, 0.1) is 13.8 Å². The van der Waals surface area contributed by atoms with Gasteiger partial charge in [0, 0.05) is 16.7 Å². The van der Waals surface area contributed by atoms with Gasteiger partial charge >= 0.3 is 0 Å². The second-order valence-electron chi connectivity index (χ2n) is 3.94. The number of H-pyrrole nitrogens is 1. The van der Waals surface area contributed by atoms with Gasteiger partial charge in [0.25, 0.3) is 5.56 Å². The van der Waals surface area contributed by atoms with E-state index in [4.69, 9.17) is 0 Å². The molecule has 0 radical (unpaired) electrons. The molecule has 1 aromatic heterocycles. The SMILES string of the molecule is Cc1cccc(SCc2nc(C)cc(=O)[nH]2)c1. The molecule has 4 heteroatoms. The summed E-state index contributed by atoms with van der Waals surface area (Å²) in [5.74, 6) is 1.40. The first kappa shape index (κ1) is 11.9. The molecule has 0 aliphatic rings. The van der Waals surface area contributed by atoms with E-state index in [0.717, 1.165) is 11.5 Å². The number of thioether (sulfide) groups is 1. The monoisotopic (exact) mass is 246 g/mol. The molecule has 0 spiro atoms. The lowest BCUT2D eigenvalue weighted by Gasteiger charge is -2.03. The molecule has 3 nitrogen and oxygen atoms in total. The van der Waals surface area contributed by atoms with Gasteiger partial charge in [-0.15, -0.1) is 11.8 Å². The van der Waals surface area contributed by atoms with Crippen LogP contribution in [-0.4, -0.2) is 9.97 Å². The van der Waals surface area contributed by atoms with Crippen LogP contribution in [0.4, 0.5) is 0 Å². The Morgan fingerprint density at radius 2 is 2.12 bits per heavy atom. The summed E-state index contributed by atoms with van der Waals surface area (Å²) in [6.07, 6.45) is 0. The highest BCUT2D eigenvalue weighted by atomic mass is 32.2. The molecule has 17 heavy (non-hydrogen) atoms. The molecule has 1 N–H and O–H groups in total. The minimum atomic E-state index is -0.0858. The molecular formula is C13H14N2OS. The zero-order chi connectivity index (χ0) is 12.3. The zero-order valence-corrected chi connectivity index (χ0v) is 10.7. The summed E-state index contributed by atoms with van der Waals surface area (Å²) in [4.78, 5) is 19.5. The molecular weight excluding hydrogens is 232 g/mol. The smallest absolute Gasteiger partial charge is 0.251 e. The number of nitrogens with one attached hydrogen (secondary N) is 1. The molecule has 0 aliphatic carbocycles. The van der Waals surface area contributed by atoms with Crippen LogP contribution < -0.4 is 5.56 Å². The van der Waals surface area contributed by atoms with Crippen molar-refractivity contribution in [2.75, 3.05) is 0 Å². The molecule has 1 aromatic carbocycles. The van der Waals surface area contributed by atoms with Crippen LogP contribution in [0.1, 0.15) is 17.1 Å². The standard InChI is InChI=1S/C13H14N2OS/c1-9-4-3-5-11(6-9)17-8-12-14-10(2)7-13(16)15-12/h3-7H,8H2,1-2H3,(H,14,15,16). The fourth-order valence-electron chi connectivity index (χ4n) is 1.57. The van der Waals surface area contributed by atoms with Crippen molar-refractivity contribution in [3.63, 3.8) is 0 Å². The number of benzene rings is 1. The first-order valence-corrected chi connectivity index (χ1v) is 6.38. The molecule has 0 unspecified atom stereocenters. The number of nitrogens with zero attached hydrogens (tertiary/aromatic N) is 1. The fraction of sp³-hybridized carbons (Fsp3) is 0.231. The summed E-state index contributed by atoms with van der Waals surface area (Å²) in [6.45, 7) is 3.90. The minimum absolute atomic E-state index is 0.0858. The lowest BCUT2D eigenvalue weighted by Crippen LogP contribution is -2.10. The van der Waals surface area contributed by atoms with E-state index in [1.807, 2.05) is 13.0 Å². The maximum absolute atomic E-state index is 11.3. The average Bonchev–Trinajstić information content (AvgIpc) is 2.25. The van der Waals surface area contributed by atoms with E-state index in [1.165, 1.54) is 16.5 Å². The van der Waals surface area contributed by atoms with Gasteiger partial charge in [-0.1, -0.05) is 17.7 Å². The lowest BCUT2D eigenvalue weighted by molar-refractivity contribution is 0.968. The summed E-state index contributed by atoms with van der Waals surface area (Å²) in [7, 11) is 0. The van der Waals surface area contributed by atoms with Crippen LogP contribution in [0.5, 0.6) is 0 Å². The van der Waals surface area contributed by atoms with Gasteiger partial charge < -0.3 is 4.98 Å². The Bertz CT molecular complexity index is 578. The van der Waals surface area contributed by atoms with Crippen molar-refractivity contribution in [2.24, 2.45) is 0 Å². The highest BCUT2D eigenvalue weighted by molar-refractivity contribution is 7.98. The van der Waals surface area contributed by atoms with Gasteiger partial charge in [0.1, 0.15) is 5.82 Å². The molecule has 88 valence electrons. The van der Waals surface area contributed by atoms with E-state index >= 15 is 0 Å². The quantitative estimate of drug-likeness (QED) is 0.847. The molecule has 0 amide bonds. The van der Waals surface area contributed by atoms with Crippen LogP contribution >= 0.6 is 11.8 Å². The Kier molecular flexibility index (Phi) is 3.64. The van der Waals surface area contributed by atoms with Crippen molar-refractivity contribution < 1.29 is 0 Å². The number of hydrogen-bond donors (Lipinski definition) is 1. The minimum Gasteiger partial charge on any atom is -0.310 e. The van der Waals surface area contributed by atoms with E-state index in [9.17, 15) is 4.79 Å². The third kappa shape index (κ3) is 3.46. The first-order valence-electron chi connectivity index (χ1n) is 5.40. The highest BCUT2D eigenvalue weighted by Crippen LogP contribution is 2.21. The van der Waals surface area contributed by atoms with Gasteiger partial charge in [-0.25, -0.2) is 4.98 Å². The molecule has 2 aromatic rings. The van der Waals surface area contributed by atoms with Gasteiger partial charge in [-0.2, -0.15) is 0 Å². The molecule has 0 aliphatic heterocycles. The predicted octanol–water partition coefficient (Wildman–Crippen LogP) is 2.68. The van der Waals surface area contributed by atoms with Crippen LogP contribution in [0.2, 0.25) is 0 Å². The van der Waals surface area contributed by atoms with Crippen molar-refractivity contribution in [3.05, 3.63) is 57.8 Å². The first-order chi connectivity index (χ1) is 8.13. The number of aromatic amines is 1. The summed E-state index contributed by atoms with van der Waals surface area (Å²) < 4.78 is 0. The molecule has 0 atom stereocenters. The van der Waals surface area contributed by atoms with Crippen molar-refractivity contribution in [1.82, 2.24) is 9.97 Å². The van der Waals surface area contributed by atoms with Gasteiger partial charge in [0.2, 0.25) is 0 Å². The highest BCUT2D eigenvalue weighted by Gasteiger charge is 2.00. The summed E-state index contributed by atoms with van der Waals surface area (Å²) >= 11 is 1.67. The molecule has 0 saturated carbocycles. The van der Waals surface area contributed by atoms with Crippen LogP contribution in [0.25, 0.3) is 0 Å². The van der Waals surface area contributed by atoms with E-state index in [2.05, 4.69) is 35.1 Å². The van der Waals surface area contributed by atoms with Crippen molar-refractivity contribution in [3.8, 4) is 0 Å². The fourth-order valence-corrected chi connectivity index (χ4v) is 2.45. The van der Waals surface area contributed by atoms with Gasteiger partial charge in [-0.05, 0) is 26.0 Å². The number of aryl methyl sites for hydroxylation is 2. The zero-order valence-electron chi connectivity index (χ0n) is 9.86.